The molecule has 4 nitrogen and oxygen atoms in total. The predicted molar refractivity (Wildman–Crippen MR) is 72.0 cm³/mol. The van der Waals surface area contributed by atoms with E-state index >= 15 is 0 Å². The molecule has 1 aromatic rings. The molecule has 96 valence electrons. The summed E-state index contributed by atoms with van der Waals surface area (Å²) in [5, 5.41) is 6.49. The molecule has 17 heavy (non-hydrogen) atoms. The lowest BCUT2D eigenvalue weighted by Crippen LogP contribution is -2.15. The Morgan fingerprint density at radius 3 is 2.47 bits per heavy atom. The number of anilines is 1. The van der Waals surface area contributed by atoms with Crippen LogP contribution < -0.4 is 10.6 Å². The molecule has 1 heterocycles. The highest BCUT2D eigenvalue weighted by Crippen LogP contribution is 2.00. The zero-order valence-corrected chi connectivity index (χ0v) is 11.0. The van der Waals surface area contributed by atoms with Crippen LogP contribution in [0.25, 0.3) is 0 Å². The second-order valence-corrected chi connectivity index (χ2v) is 4.18. The van der Waals surface area contributed by atoms with Crippen LogP contribution in [0.5, 0.6) is 0 Å². The van der Waals surface area contributed by atoms with Crippen molar-refractivity contribution < 1.29 is 0 Å². The Balaban J connectivity index is 2.14. The second-order valence-electron chi connectivity index (χ2n) is 4.18. The van der Waals surface area contributed by atoms with Crippen molar-refractivity contribution in [2.75, 3.05) is 18.4 Å². The second kappa shape index (κ2) is 8.93. The third-order valence-corrected chi connectivity index (χ3v) is 2.58. The molecule has 1 aromatic heterocycles. The maximum atomic E-state index is 4.23. The average Bonchev–Trinajstić information content (AvgIpc) is 2.36. The minimum absolute atomic E-state index is 0.708. The van der Waals surface area contributed by atoms with Crippen LogP contribution in [0.1, 0.15) is 45.1 Å². The van der Waals surface area contributed by atoms with Crippen molar-refractivity contribution in [3.05, 3.63) is 18.0 Å². The van der Waals surface area contributed by atoms with E-state index in [2.05, 4.69) is 27.5 Å². The molecule has 0 unspecified atom stereocenters. The molecular formula is C13H24N4. The van der Waals surface area contributed by atoms with Crippen molar-refractivity contribution >= 4 is 5.95 Å². The molecule has 2 N–H and O–H groups in total. The average molecular weight is 236 g/mol. The van der Waals surface area contributed by atoms with Gasteiger partial charge in [-0.15, -0.1) is 0 Å². The molecule has 0 saturated carbocycles. The van der Waals surface area contributed by atoms with E-state index < -0.39 is 0 Å². The van der Waals surface area contributed by atoms with E-state index in [9.17, 15) is 0 Å². The van der Waals surface area contributed by atoms with E-state index in [1.807, 2.05) is 19.3 Å². The molecule has 0 aromatic carbocycles. The van der Waals surface area contributed by atoms with Gasteiger partial charge >= 0.3 is 0 Å². The quantitative estimate of drug-likeness (QED) is 0.647. The summed E-state index contributed by atoms with van der Waals surface area (Å²) in [6.45, 7) is 7.06. The van der Waals surface area contributed by atoms with Gasteiger partial charge in [0.1, 0.15) is 0 Å². The summed E-state index contributed by atoms with van der Waals surface area (Å²) in [5.41, 5.74) is 1.14. The van der Waals surface area contributed by atoms with E-state index in [0.717, 1.165) is 25.2 Å². The van der Waals surface area contributed by atoms with Gasteiger partial charge in [0.05, 0.1) is 0 Å². The summed E-state index contributed by atoms with van der Waals surface area (Å²) >= 11 is 0. The monoisotopic (exact) mass is 236 g/mol. The summed E-state index contributed by atoms with van der Waals surface area (Å²) < 4.78 is 0. The first-order chi connectivity index (χ1) is 8.36. The van der Waals surface area contributed by atoms with Crippen LogP contribution in [0.2, 0.25) is 0 Å². The molecule has 0 spiro atoms. The maximum absolute atomic E-state index is 4.23. The molecule has 0 saturated heterocycles. The fourth-order valence-electron chi connectivity index (χ4n) is 1.60. The summed E-state index contributed by atoms with van der Waals surface area (Å²) in [5.74, 6) is 0.708. The van der Waals surface area contributed by atoms with Crippen LogP contribution in [0, 0.1) is 0 Å². The molecule has 1 rings (SSSR count). The summed E-state index contributed by atoms with van der Waals surface area (Å²) in [7, 11) is 0. The van der Waals surface area contributed by atoms with Crippen LogP contribution in [0.3, 0.4) is 0 Å². The third kappa shape index (κ3) is 6.22. The maximum Gasteiger partial charge on any atom is 0.222 e. The molecule has 0 aliphatic heterocycles. The molecule has 0 aliphatic carbocycles. The summed E-state index contributed by atoms with van der Waals surface area (Å²) in [6, 6.07) is 0. The zero-order chi connectivity index (χ0) is 12.3. The van der Waals surface area contributed by atoms with Gasteiger partial charge < -0.3 is 10.6 Å². The van der Waals surface area contributed by atoms with E-state index in [1.165, 1.54) is 25.7 Å². The topological polar surface area (TPSA) is 49.8 Å². The molecule has 0 radical (unpaired) electrons. The highest BCUT2D eigenvalue weighted by molar-refractivity contribution is 5.24. The van der Waals surface area contributed by atoms with Crippen LogP contribution in [-0.2, 0) is 6.54 Å². The number of nitrogens with one attached hydrogen (secondary N) is 2. The lowest BCUT2D eigenvalue weighted by molar-refractivity contribution is 0.597. The SMILES string of the molecule is CCCCCCNCc1cnc(NCC)nc1. The Hall–Kier alpha value is -1.16. The molecule has 0 bridgehead atoms. The van der Waals surface area contributed by atoms with E-state index in [1.54, 1.807) is 0 Å². The fraction of sp³-hybridized carbons (Fsp3) is 0.692. The summed E-state index contributed by atoms with van der Waals surface area (Å²) in [4.78, 5) is 8.47. The number of unbranched alkanes of at least 4 members (excludes halogenated alkanes) is 3. The first-order valence-corrected chi connectivity index (χ1v) is 6.62. The Bertz CT molecular complexity index is 284. The lowest BCUT2D eigenvalue weighted by Gasteiger charge is -2.05. The number of nitrogens with zero attached hydrogens (tertiary/aromatic N) is 2. The minimum Gasteiger partial charge on any atom is -0.355 e. The van der Waals surface area contributed by atoms with Crippen molar-refractivity contribution in [3.8, 4) is 0 Å². The van der Waals surface area contributed by atoms with Crippen molar-refractivity contribution in [1.82, 2.24) is 15.3 Å². The first kappa shape index (κ1) is 13.9. The van der Waals surface area contributed by atoms with Gasteiger partial charge in [0.25, 0.3) is 0 Å². The Morgan fingerprint density at radius 1 is 1.06 bits per heavy atom. The Kier molecular flexibility index (Phi) is 7.30. The molecule has 0 aliphatic rings. The van der Waals surface area contributed by atoms with Gasteiger partial charge in [-0.1, -0.05) is 26.2 Å². The van der Waals surface area contributed by atoms with Gasteiger partial charge in [-0.05, 0) is 19.9 Å². The molecular weight excluding hydrogens is 212 g/mol. The van der Waals surface area contributed by atoms with Gasteiger partial charge in [-0.2, -0.15) is 0 Å². The van der Waals surface area contributed by atoms with Crippen molar-refractivity contribution in [2.24, 2.45) is 0 Å². The smallest absolute Gasteiger partial charge is 0.222 e. The van der Waals surface area contributed by atoms with Gasteiger partial charge in [0.2, 0.25) is 5.95 Å². The Morgan fingerprint density at radius 2 is 1.82 bits per heavy atom. The standard InChI is InChI=1S/C13H24N4/c1-3-5-6-7-8-14-9-12-10-16-13(15-4-2)17-11-12/h10-11,14H,3-9H2,1-2H3,(H,15,16,17). The van der Waals surface area contributed by atoms with Crippen LogP contribution in [-0.4, -0.2) is 23.1 Å². The number of aromatic nitrogens is 2. The van der Waals surface area contributed by atoms with Crippen molar-refractivity contribution in [2.45, 2.75) is 46.1 Å². The van der Waals surface area contributed by atoms with Gasteiger partial charge in [0.15, 0.2) is 0 Å². The van der Waals surface area contributed by atoms with Crippen LogP contribution in [0.4, 0.5) is 5.95 Å². The van der Waals surface area contributed by atoms with E-state index in [-0.39, 0.29) is 0 Å². The van der Waals surface area contributed by atoms with Crippen LogP contribution >= 0.6 is 0 Å². The number of rotatable bonds is 9. The minimum atomic E-state index is 0.708. The fourth-order valence-corrected chi connectivity index (χ4v) is 1.60. The lowest BCUT2D eigenvalue weighted by atomic mass is 10.2. The van der Waals surface area contributed by atoms with Crippen molar-refractivity contribution in [1.29, 1.82) is 0 Å². The van der Waals surface area contributed by atoms with Gasteiger partial charge in [-0.25, -0.2) is 9.97 Å². The highest BCUT2D eigenvalue weighted by Gasteiger charge is 1.96. The number of hydrogen-bond acceptors (Lipinski definition) is 4. The van der Waals surface area contributed by atoms with Crippen molar-refractivity contribution in [3.63, 3.8) is 0 Å². The predicted octanol–water partition coefficient (Wildman–Crippen LogP) is 2.58. The normalized spacial score (nSPS) is 10.5. The van der Waals surface area contributed by atoms with Gasteiger partial charge in [0, 0.05) is 31.0 Å². The Labute approximate surface area is 104 Å². The van der Waals surface area contributed by atoms with E-state index in [0.29, 0.717) is 5.95 Å². The largest absolute Gasteiger partial charge is 0.355 e. The zero-order valence-electron chi connectivity index (χ0n) is 11.0. The molecule has 0 fully saturated rings. The van der Waals surface area contributed by atoms with Gasteiger partial charge in [-0.3, -0.25) is 0 Å². The molecule has 0 amide bonds. The summed E-state index contributed by atoms with van der Waals surface area (Å²) in [6.07, 6.45) is 8.96. The first-order valence-electron chi connectivity index (χ1n) is 6.62. The number of hydrogen-bond donors (Lipinski definition) is 2. The highest BCUT2D eigenvalue weighted by atomic mass is 15.1. The molecule has 0 atom stereocenters. The third-order valence-electron chi connectivity index (χ3n) is 2.58. The molecule has 4 heteroatoms. The van der Waals surface area contributed by atoms with E-state index in [4.69, 9.17) is 0 Å². The van der Waals surface area contributed by atoms with Crippen LogP contribution in [0.15, 0.2) is 12.4 Å².